The lowest BCUT2D eigenvalue weighted by Crippen LogP contribution is -2.56. The monoisotopic (exact) mass is 476 g/mol. The lowest BCUT2D eigenvalue weighted by molar-refractivity contribution is -0.135. The number of halogens is 2. The van der Waals surface area contributed by atoms with Gasteiger partial charge in [-0.2, -0.15) is 0 Å². The third-order valence-electron chi connectivity index (χ3n) is 6.28. The van der Waals surface area contributed by atoms with E-state index in [0.29, 0.717) is 19.0 Å². The summed E-state index contributed by atoms with van der Waals surface area (Å²) in [6.45, 7) is 7.65. The predicted octanol–water partition coefficient (Wildman–Crippen LogP) is 2.10. The van der Waals surface area contributed by atoms with Gasteiger partial charge in [-0.15, -0.1) is 0 Å². The molecule has 2 amide bonds. The molecule has 2 N–H and O–H groups in total. The van der Waals surface area contributed by atoms with Crippen molar-refractivity contribution < 1.29 is 28.2 Å². The summed E-state index contributed by atoms with van der Waals surface area (Å²) >= 11 is 0. The van der Waals surface area contributed by atoms with Crippen molar-refractivity contribution in [1.82, 2.24) is 20.0 Å². The molecule has 0 spiro atoms. The van der Waals surface area contributed by atoms with Crippen molar-refractivity contribution in [3.05, 3.63) is 58.6 Å². The second-order valence-corrected chi connectivity index (χ2v) is 9.39. The van der Waals surface area contributed by atoms with E-state index in [2.05, 4.69) is 31.0 Å². The first-order valence-corrected chi connectivity index (χ1v) is 11.4. The maximum Gasteiger partial charge on any atom is 0.275 e. The van der Waals surface area contributed by atoms with E-state index in [1.165, 1.54) is 12.3 Å². The minimum Gasteiger partial charge on any atom is -0.507 e. The van der Waals surface area contributed by atoms with Crippen molar-refractivity contribution in [3.63, 3.8) is 0 Å². The number of fused-ring (bicyclic) bond motifs is 2. The number of aliphatic hydroxyl groups excluding tert-OH is 1. The van der Waals surface area contributed by atoms with E-state index < -0.39 is 17.5 Å². The number of carbonyl (C=O) groups excluding carboxylic acids is 2. The Balaban J connectivity index is 1.57. The van der Waals surface area contributed by atoms with Crippen LogP contribution in [0.25, 0.3) is 0 Å². The van der Waals surface area contributed by atoms with E-state index in [0.717, 1.165) is 18.7 Å². The van der Waals surface area contributed by atoms with E-state index in [9.17, 15) is 23.5 Å². The molecule has 34 heavy (non-hydrogen) atoms. The van der Waals surface area contributed by atoms with Crippen molar-refractivity contribution >= 4 is 11.8 Å². The fourth-order valence-corrected chi connectivity index (χ4v) is 4.69. The molecule has 4 rings (SSSR count). The van der Waals surface area contributed by atoms with Crippen LogP contribution < -0.4 is 5.32 Å². The average Bonchev–Trinajstić information content (AvgIpc) is 3.06. The molecule has 184 valence electrons. The minimum atomic E-state index is -0.749. The Hall–Kier alpha value is -2.98. The number of amides is 2. The summed E-state index contributed by atoms with van der Waals surface area (Å²) in [5, 5.41) is 13.2. The number of piperazine rings is 1. The topological polar surface area (TPSA) is 85.4 Å². The predicted molar refractivity (Wildman–Crippen MR) is 120 cm³/mol. The summed E-state index contributed by atoms with van der Waals surface area (Å²) in [4.78, 5) is 31.9. The summed E-state index contributed by atoms with van der Waals surface area (Å²) in [6, 6.07) is 3.32. The van der Waals surface area contributed by atoms with Crippen LogP contribution in [0.3, 0.4) is 0 Å². The van der Waals surface area contributed by atoms with Crippen molar-refractivity contribution in [2.24, 2.45) is 5.92 Å². The molecule has 1 aromatic rings. The molecule has 1 unspecified atom stereocenters. The molecule has 0 bridgehead atoms. The molecule has 2 saturated heterocycles. The van der Waals surface area contributed by atoms with Crippen molar-refractivity contribution in [2.75, 3.05) is 32.8 Å². The molecule has 2 fully saturated rings. The number of aliphatic hydroxyl groups is 1. The van der Waals surface area contributed by atoms with Gasteiger partial charge in [0.1, 0.15) is 35.9 Å². The third kappa shape index (κ3) is 4.78. The van der Waals surface area contributed by atoms with Crippen LogP contribution in [0.2, 0.25) is 0 Å². The number of ether oxygens (including phenoxy) is 1. The maximum absolute atomic E-state index is 13.9. The first-order valence-electron chi connectivity index (χ1n) is 11.4. The van der Waals surface area contributed by atoms with Gasteiger partial charge in [-0.25, -0.2) is 8.78 Å². The van der Waals surface area contributed by atoms with Gasteiger partial charge >= 0.3 is 0 Å². The van der Waals surface area contributed by atoms with E-state index in [-0.39, 0.29) is 60.5 Å². The molecule has 10 heteroatoms. The molecule has 3 heterocycles. The quantitative estimate of drug-likeness (QED) is 0.677. The van der Waals surface area contributed by atoms with Gasteiger partial charge in [0.05, 0.1) is 18.7 Å². The summed E-state index contributed by atoms with van der Waals surface area (Å²) in [7, 11) is 0. The van der Waals surface area contributed by atoms with Gasteiger partial charge in [-0.3, -0.25) is 14.5 Å². The van der Waals surface area contributed by atoms with Gasteiger partial charge in [-0.1, -0.05) is 19.9 Å². The van der Waals surface area contributed by atoms with E-state index in [4.69, 9.17) is 4.74 Å². The van der Waals surface area contributed by atoms with Crippen LogP contribution in [0.4, 0.5) is 8.78 Å². The molecule has 0 saturated carbocycles. The zero-order valence-electron chi connectivity index (χ0n) is 19.6. The van der Waals surface area contributed by atoms with Crippen LogP contribution in [-0.4, -0.2) is 76.7 Å². The molecule has 3 aliphatic heterocycles. The molecule has 8 nitrogen and oxygen atoms in total. The second kappa shape index (κ2) is 9.71. The lowest BCUT2D eigenvalue weighted by atomic mass is 10.1. The minimum absolute atomic E-state index is 0.0970. The smallest absolute Gasteiger partial charge is 0.275 e. The molecule has 2 atom stereocenters. The zero-order valence-corrected chi connectivity index (χ0v) is 19.6. The Kier molecular flexibility index (Phi) is 6.90. The summed E-state index contributed by atoms with van der Waals surface area (Å²) in [5.74, 6) is -2.02. The Morgan fingerprint density at radius 1 is 1.26 bits per heavy atom. The molecule has 0 radical (unpaired) electrons. The molecule has 0 aromatic heterocycles. The highest BCUT2D eigenvalue weighted by molar-refractivity contribution is 5.96. The maximum atomic E-state index is 13.9. The highest BCUT2D eigenvalue weighted by atomic mass is 19.1. The zero-order chi connectivity index (χ0) is 24.6. The van der Waals surface area contributed by atoms with Gasteiger partial charge in [0, 0.05) is 43.5 Å². The van der Waals surface area contributed by atoms with Crippen molar-refractivity contribution in [2.45, 2.75) is 39.5 Å². The van der Waals surface area contributed by atoms with Crippen LogP contribution in [0.15, 0.2) is 41.4 Å². The SMILES string of the molecule is CC(C)CN1C2CN3/C=C(/C(=O)NCc4ccc(F)cc4F)COCC(O)=C3C(=O)N2C[C@@H]1C. The second-order valence-electron chi connectivity index (χ2n) is 9.39. The summed E-state index contributed by atoms with van der Waals surface area (Å²) < 4.78 is 32.5. The largest absolute Gasteiger partial charge is 0.507 e. The number of benzene rings is 1. The Labute approximate surface area is 197 Å². The molecule has 0 aliphatic carbocycles. The Morgan fingerprint density at radius 3 is 2.74 bits per heavy atom. The third-order valence-corrected chi connectivity index (χ3v) is 6.28. The van der Waals surface area contributed by atoms with Gasteiger partial charge < -0.3 is 25.0 Å². The highest BCUT2D eigenvalue weighted by Gasteiger charge is 2.47. The van der Waals surface area contributed by atoms with Crippen LogP contribution in [0, 0.1) is 17.6 Å². The Bertz CT molecular complexity index is 1040. The fraction of sp³-hybridized carbons (Fsp3) is 0.500. The van der Waals surface area contributed by atoms with E-state index >= 15 is 0 Å². The van der Waals surface area contributed by atoms with E-state index in [1.807, 2.05) is 0 Å². The van der Waals surface area contributed by atoms with Crippen LogP contribution in [0.5, 0.6) is 0 Å². The van der Waals surface area contributed by atoms with E-state index in [1.54, 1.807) is 9.80 Å². The highest BCUT2D eigenvalue weighted by Crippen LogP contribution is 2.32. The number of rotatable bonds is 5. The number of nitrogens with zero attached hydrogens (tertiary/aromatic N) is 3. The summed E-state index contributed by atoms with van der Waals surface area (Å²) in [6.07, 6.45) is 1.34. The normalized spacial score (nSPS) is 25.0. The average molecular weight is 477 g/mol. The lowest BCUT2D eigenvalue weighted by Gasteiger charge is -2.42. The molecule has 1 aromatic carbocycles. The van der Waals surface area contributed by atoms with Crippen molar-refractivity contribution in [1.29, 1.82) is 0 Å². The van der Waals surface area contributed by atoms with Gasteiger partial charge in [-0.05, 0) is 18.9 Å². The Morgan fingerprint density at radius 2 is 2.03 bits per heavy atom. The van der Waals surface area contributed by atoms with Crippen LogP contribution in [-0.2, 0) is 20.9 Å². The molecular formula is C24H30F2N4O4. The van der Waals surface area contributed by atoms with Crippen LogP contribution >= 0.6 is 0 Å². The number of hydrogen-bond donors (Lipinski definition) is 2. The summed E-state index contributed by atoms with van der Waals surface area (Å²) in [5.41, 5.74) is 0.480. The van der Waals surface area contributed by atoms with Crippen LogP contribution in [0.1, 0.15) is 26.3 Å². The van der Waals surface area contributed by atoms with Crippen molar-refractivity contribution in [3.8, 4) is 0 Å². The number of hydrogen-bond acceptors (Lipinski definition) is 6. The van der Waals surface area contributed by atoms with Gasteiger partial charge in [0.2, 0.25) is 0 Å². The molecule has 3 aliphatic rings. The van der Waals surface area contributed by atoms with Gasteiger partial charge in [0.15, 0.2) is 0 Å². The molecular weight excluding hydrogens is 446 g/mol. The first kappa shape index (κ1) is 24.2. The fourth-order valence-electron chi connectivity index (χ4n) is 4.69. The van der Waals surface area contributed by atoms with Gasteiger partial charge in [0.25, 0.3) is 11.8 Å². The first-order chi connectivity index (χ1) is 16.2. The standard InChI is InChI=1S/C24H30F2N4O4/c1-14(2)8-29-15(3)9-30-21(29)11-28-10-17(12-34-13-20(31)22(28)24(30)33)23(32)27-7-16-4-5-18(25)6-19(16)26/h4-6,10,14-15,21,31H,7-9,11-13H2,1-3H3,(H,27,32)/b17-10+,22-20?/t15-,21?/m0/s1. The number of nitrogens with one attached hydrogen (secondary N) is 1. The number of carbonyl (C=O) groups is 2.